The van der Waals surface area contributed by atoms with Crippen molar-refractivity contribution in [2.45, 2.75) is 20.8 Å². The molecule has 1 aromatic carbocycles. The third-order valence-electron chi connectivity index (χ3n) is 5.63. The number of allylic oxidation sites excluding steroid dienone is 1. The molecule has 35 heavy (non-hydrogen) atoms. The van der Waals surface area contributed by atoms with Gasteiger partial charge < -0.3 is 9.84 Å². The number of carbonyl (C=O) groups is 1. The fraction of sp³-hybridized carbons (Fsp3) is 0.280. The van der Waals surface area contributed by atoms with Gasteiger partial charge in [0, 0.05) is 31.5 Å². The summed E-state index contributed by atoms with van der Waals surface area (Å²) in [6.07, 6.45) is 3.75. The van der Waals surface area contributed by atoms with Gasteiger partial charge in [-0.2, -0.15) is 5.10 Å². The molecule has 0 atom stereocenters. The van der Waals surface area contributed by atoms with E-state index in [2.05, 4.69) is 16.7 Å². The zero-order valence-corrected chi connectivity index (χ0v) is 20.4. The molecule has 2 heterocycles. The number of fused-ring (bicyclic) bond motifs is 1. The lowest BCUT2D eigenvalue weighted by molar-refractivity contribution is -0.114. The molecular formula is C25H28FN5O4. The number of aryl methyl sites for hydroxylation is 1. The molecule has 3 aromatic rings. The number of aliphatic hydroxyl groups is 1. The number of methoxy groups -OCH3 is 1. The zero-order chi connectivity index (χ0) is 25.9. The van der Waals surface area contributed by atoms with Crippen LogP contribution in [-0.2, 0) is 4.79 Å². The second kappa shape index (κ2) is 10.5. The molecule has 0 aliphatic rings. The van der Waals surface area contributed by atoms with E-state index < -0.39 is 18.0 Å². The van der Waals surface area contributed by atoms with Gasteiger partial charge in [0.15, 0.2) is 5.84 Å². The lowest BCUT2D eigenvalue weighted by Crippen LogP contribution is -2.34. The third-order valence-corrected chi connectivity index (χ3v) is 5.63. The predicted octanol–water partition coefficient (Wildman–Crippen LogP) is 3.10. The van der Waals surface area contributed by atoms with E-state index in [1.807, 2.05) is 6.92 Å². The number of pyridine rings is 2. The highest BCUT2D eigenvalue weighted by molar-refractivity contribution is 5.96. The molecule has 184 valence electrons. The van der Waals surface area contributed by atoms with Crippen LogP contribution in [0.3, 0.4) is 0 Å². The van der Waals surface area contributed by atoms with Crippen LogP contribution in [0.1, 0.15) is 25.0 Å². The maximum absolute atomic E-state index is 15.3. The Bertz CT molecular complexity index is 1380. The van der Waals surface area contributed by atoms with Crippen molar-refractivity contribution in [2.24, 2.45) is 5.10 Å². The highest BCUT2D eigenvalue weighted by atomic mass is 19.1. The Morgan fingerprint density at radius 3 is 2.66 bits per heavy atom. The van der Waals surface area contributed by atoms with Gasteiger partial charge >= 0.3 is 0 Å². The summed E-state index contributed by atoms with van der Waals surface area (Å²) in [5.41, 5.74) is 2.09. The van der Waals surface area contributed by atoms with Gasteiger partial charge in [-0.3, -0.25) is 24.1 Å². The van der Waals surface area contributed by atoms with E-state index in [1.165, 1.54) is 34.7 Å². The summed E-state index contributed by atoms with van der Waals surface area (Å²) in [4.78, 5) is 30.2. The number of aliphatic hydroxyl groups excluding tert-OH is 1. The molecule has 2 aromatic heterocycles. The Morgan fingerprint density at radius 1 is 1.37 bits per heavy atom. The maximum Gasteiger partial charge on any atom is 0.263 e. The number of nitrogens with zero attached hydrogens (tertiary/aromatic N) is 5. The Hall–Kier alpha value is -4.05. The number of rotatable bonds is 8. The monoisotopic (exact) mass is 481 g/mol. The van der Waals surface area contributed by atoms with Crippen LogP contribution in [0.2, 0.25) is 0 Å². The van der Waals surface area contributed by atoms with E-state index in [4.69, 9.17) is 4.74 Å². The Labute approximate surface area is 202 Å². The second-order valence-corrected chi connectivity index (χ2v) is 7.92. The molecule has 0 bridgehead atoms. The average Bonchev–Trinajstić information content (AvgIpc) is 2.84. The Balaban J connectivity index is 2.30. The van der Waals surface area contributed by atoms with Gasteiger partial charge in [-0.25, -0.2) is 9.37 Å². The quantitative estimate of drug-likeness (QED) is 0.230. The number of hydrogen-bond acceptors (Lipinski definition) is 7. The summed E-state index contributed by atoms with van der Waals surface area (Å²) in [5.74, 6) is -0.385. The van der Waals surface area contributed by atoms with Crippen LogP contribution in [0.25, 0.3) is 22.0 Å². The molecule has 0 saturated carbocycles. The van der Waals surface area contributed by atoms with Gasteiger partial charge in [-0.1, -0.05) is 6.58 Å². The molecule has 0 saturated heterocycles. The highest BCUT2D eigenvalue weighted by Crippen LogP contribution is 2.31. The molecule has 3 rings (SSSR count). The number of carbonyl (C=O) groups excluding carboxylic acids is 1. The summed E-state index contributed by atoms with van der Waals surface area (Å²) >= 11 is 0. The summed E-state index contributed by atoms with van der Waals surface area (Å²) in [6.45, 7) is 9.14. The van der Waals surface area contributed by atoms with E-state index in [0.29, 0.717) is 28.6 Å². The van der Waals surface area contributed by atoms with Gasteiger partial charge in [-0.05, 0) is 55.5 Å². The van der Waals surface area contributed by atoms with Crippen molar-refractivity contribution in [1.29, 1.82) is 0 Å². The van der Waals surface area contributed by atoms with Crippen molar-refractivity contribution < 1.29 is 19.0 Å². The Morgan fingerprint density at radius 2 is 2.09 bits per heavy atom. The molecule has 1 N–H and O–H groups in total. The van der Waals surface area contributed by atoms with E-state index in [1.54, 1.807) is 32.3 Å². The number of amides is 1. The molecule has 0 fully saturated rings. The number of likely N-dealkylation sites (N-methyl/N-ethyl adjacent to an activating group) is 1. The summed E-state index contributed by atoms with van der Waals surface area (Å²) < 4.78 is 22.1. The normalized spacial score (nSPS) is 11.5. The topological polar surface area (TPSA) is 100 Å². The minimum Gasteiger partial charge on any atom is -0.479 e. The molecule has 1 amide bonds. The molecule has 0 aliphatic carbocycles. The first-order chi connectivity index (χ1) is 16.7. The number of hydrazone groups is 1. The van der Waals surface area contributed by atoms with Crippen LogP contribution in [0, 0.1) is 12.7 Å². The number of hydrogen-bond donors (Lipinski definition) is 1. The summed E-state index contributed by atoms with van der Waals surface area (Å²) in [7, 11) is 2.95. The lowest BCUT2D eigenvalue weighted by Gasteiger charge is -2.21. The predicted molar refractivity (Wildman–Crippen MR) is 135 cm³/mol. The van der Waals surface area contributed by atoms with E-state index in [9.17, 15) is 14.7 Å². The highest BCUT2D eigenvalue weighted by Gasteiger charge is 2.20. The molecular weight excluding hydrogens is 453 g/mol. The molecule has 0 spiro atoms. The van der Waals surface area contributed by atoms with Crippen molar-refractivity contribution in [1.82, 2.24) is 14.5 Å². The van der Waals surface area contributed by atoms with Gasteiger partial charge in [0.1, 0.15) is 18.1 Å². The lowest BCUT2D eigenvalue weighted by atomic mass is 10.0. The summed E-state index contributed by atoms with van der Waals surface area (Å²) in [5, 5.41) is 15.7. The van der Waals surface area contributed by atoms with Crippen LogP contribution in [0.5, 0.6) is 5.88 Å². The fourth-order valence-corrected chi connectivity index (χ4v) is 3.80. The summed E-state index contributed by atoms with van der Waals surface area (Å²) in [6, 6.07) is 4.41. The van der Waals surface area contributed by atoms with Crippen molar-refractivity contribution >= 4 is 34.3 Å². The molecule has 9 nitrogen and oxygen atoms in total. The first-order valence-electron chi connectivity index (χ1n) is 10.9. The fourth-order valence-electron chi connectivity index (χ4n) is 3.80. The minimum absolute atomic E-state index is 0.0548. The molecule has 0 aliphatic heterocycles. The number of aromatic nitrogens is 2. The van der Waals surface area contributed by atoms with Gasteiger partial charge in [0.25, 0.3) is 5.56 Å². The second-order valence-electron chi connectivity index (χ2n) is 7.92. The van der Waals surface area contributed by atoms with Crippen LogP contribution >= 0.6 is 0 Å². The van der Waals surface area contributed by atoms with E-state index in [0.717, 1.165) is 11.6 Å². The number of anilines is 1. The van der Waals surface area contributed by atoms with Gasteiger partial charge in [0.05, 0.1) is 18.2 Å². The van der Waals surface area contributed by atoms with Crippen LogP contribution < -0.4 is 15.3 Å². The maximum atomic E-state index is 15.3. The third kappa shape index (κ3) is 4.78. The van der Waals surface area contributed by atoms with Crippen molar-refractivity contribution in [3.63, 3.8) is 0 Å². The average molecular weight is 482 g/mol. The van der Waals surface area contributed by atoms with Crippen LogP contribution in [-0.4, -0.2) is 59.1 Å². The molecule has 0 radical (unpaired) electrons. The molecule has 0 unspecified atom stereocenters. The number of ether oxygens (including phenoxy) is 1. The first kappa shape index (κ1) is 25.6. The zero-order valence-electron chi connectivity index (χ0n) is 20.4. The van der Waals surface area contributed by atoms with E-state index >= 15 is 4.39 Å². The first-order valence-corrected chi connectivity index (χ1v) is 10.9. The number of benzene rings is 1. The smallest absolute Gasteiger partial charge is 0.263 e. The van der Waals surface area contributed by atoms with E-state index in [-0.39, 0.29) is 29.3 Å². The van der Waals surface area contributed by atoms with Crippen molar-refractivity contribution in [3.05, 3.63) is 64.5 Å². The van der Waals surface area contributed by atoms with Crippen molar-refractivity contribution in [3.8, 4) is 11.6 Å². The van der Waals surface area contributed by atoms with Gasteiger partial charge in [0.2, 0.25) is 12.3 Å². The van der Waals surface area contributed by atoms with Crippen LogP contribution in [0.15, 0.2) is 47.1 Å². The number of halogens is 1. The largest absolute Gasteiger partial charge is 0.479 e. The Kier molecular flexibility index (Phi) is 7.65. The van der Waals surface area contributed by atoms with Gasteiger partial charge in [-0.15, -0.1) is 0 Å². The molecule has 10 heteroatoms. The standard InChI is InChI=1S/C25H28FN5O4/c1-7-30(14-33)22(13-32)28-29(5)21-11-17-18(10-20(21)26)25(34)31(12-19(17)15(2)3)23-16(4)8-9-27-24(23)35-6/h8-12,14,32H,2,7,13H2,1,3-6H3/b28-22-. The minimum atomic E-state index is -0.701. The van der Waals surface area contributed by atoms with Crippen molar-refractivity contribution in [2.75, 3.05) is 32.3 Å². The number of amidine groups is 1. The van der Waals surface area contributed by atoms with Crippen LogP contribution in [0.4, 0.5) is 10.1 Å². The SMILES string of the molecule is C=C(C)c1cn(-c2c(C)ccnc2OC)c(=O)c2cc(F)c(N(C)/N=C(/CO)N(C=O)CC)cc12.